The van der Waals surface area contributed by atoms with Crippen molar-refractivity contribution in [1.82, 2.24) is 9.88 Å². The zero-order valence-corrected chi connectivity index (χ0v) is 19.3. The van der Waals surface area contributed by atoms with Crippen molar-refractivity contribution in [2.24, 2.45) is 5.92 Å². The molecule has 0 radical (unpaired) electrons. The Kier molecular flexibility index (Phi) is 8.10. The fraction of sp³-hybridized carbons (Fsp3) is 0.565. The van der Waals surface area contributed by atoms with Crippen LogP contribution in [-0.2, 0) is 4.79 Å². The van der Waals surface area contributed by atoms with Crippen LogP contribution in [0.25, 0.3) is 11.3 Å². The average Bonchev–Trinajstić information content (AvgIpc) is 3.26. The molecule has 3 rings (SSSR count). The number of methoxy groups -OCH3 is 2. The molecule has 1 amide bonds. The molecular weight excluding hydrogens is 398 g/mol. The van der Waals surface area contributed by atoms with Gasteiger partial charge in [0, 0.05) is 23.4 Å². The van der Waals surface area contributed by atoms with Gasteiger partial charge >= 0.3 is 0 Å². The number of nitrogens with zero attached hydrogens (tertiary/aromatic N) is 3. The van der Waals surface area contributed by atoms with E-state index < -0.39 is 0 Å². The van der Waals surface area contributed by atoms with Gasteiger partial charge in [0.25, 0.3) is 0 Å². The molecule has 1 aromatic carbocycles. The zero-order chi connectivity index (χ0) is 21.5. The van der Waals surface area contributed by atoms with Crippen LogP contribution in [0.2, 0.25) is 0 Å². The van der Waals surface area contributed by atoms with E-state index in [9.17, 15) is 4.79 Å². The minimum absolute atomic E-state index is 0.122. The van der Waals surface area contributed by atoms with E-state index in [0.29, 0.717) is 6.54 Å². The second-order valence-electron chi connectivity index (χ2n) is 8.06. The predicted octanol–water partition coefficient (Wildman–Crippen LogP) is 4.69. The van der Waals surface area contributed by atoms with Gasteiger partial charge in [-0.2, -0.15) is 0 Å². The number of amides is 1. The molecule has 0 atom stereocenters. The molecule has 6 nitrogen and oxygen atoms in total. The van der Waals surface area contributed by atoms with Crippen molar-refractivity contribution in [3.63, 3.8) is 0 Å². The fourth-order valence-corrected chi connectivity index (χ4v) is 4.80. The summed E-state index contributed by atoms with van der Waals surface area (Å²) < 4.78 is 10.9. The van der Waals surface area contributed by atoms with Gasteiger partial charge in [0.05, 0.1) is 19.9 Å². The van der Waals surface area contributed by atoms with Crippen molar-refractivity contribution in [3.05, 3.63) is 23.6 Å². The van der Waals surface area contributed by atoms with E-state index >= 15 is 0 Å². The third kappa shape index (κ3) is 5.52. The molecule has 0 bridgehead atoms. The number of hydrogen-bond acceptors (Lipinski definition) is 6. The summed E-state index contributed by atoms with van der Waals surface area (Å²) in [5.74, 6) is 1.84. The van der Waals surface area contributed by atoms with Crippen molar-refractivity contribution in [3.8, 4) is 22.8 Å². The maximum atomic E-state index is 13.4. The lowest BCUT2D eigenvalue weighted by molar-refractivity contribution is -0.123. The minimum atomic E-state index is 0.122. The lowest BCUT2D eigenvalue weighted by Gasteiger charge is -2.28. The lowest BCUT2D eigenvalue weighted by Crippen LogP contribution is -2.38. The van der Waals surface area contributed by atoms with Crippen LogP contribution in [0.5, 0.6) is 11.5 Å². The summed E-state index contributed by atoms with van der Waals surface area (Å²) in [5, 5.41) is 2.77. The van der Waals surface area contributed by atoms with E-state index in [2.05, 4.69) is 19.0 Å². The van der Waals surface area contributed by atoms with Gasteiger partial charge in [0.15, 0.2) is 5.13 Å². The van der Waals surface area contributed by atoms with Crippen molar-refractivity contribution in [1.29, 1.82) is 0 Å². The monoisotopic (exact) mass is 431 g/mol. The summed E-state index contributed by atoms with van der Waals surface area (Å²) in [4.78, 5) is 22.3. The Hall–Kier alpha value is -2.12. The van der Waals surface area contributed by atoms with Gasteiger partial charge in [-0.25, -0.2) is 4.98 Å². The van der Waals surface area contributed by atoms with Crippen LogP contribution < -0.4 is 14.4 Å². The highest BCUT2D eigenvalue weighted by Gasteiger charge is 2.28. The molecule has 1 aromatic heterocycles. The number of thiazole rings is 1. The fourth-order valence-electron chi connectivity index (χ4n) is 3.94. The molecule has 30 heavy (non-hydrogen) atoms. The van der Waals surface area contributed by atoms with E-state index in [1.165, 1.54) is 17.8 Å². The van der Waals surface area contributed by atoms with E-state index in [-0.39, 0.29) is 11.8 Å². The van der Waals surface area contributed by atoms with Gasteiger partial charge in [0.2, 0.25) is 5.91 Å². The number of anilines is 1. The quantitative estimate of drug-likeness (QED) is 0.576. The van der Waals surface area contributed by atoms with Crippen LogP contribution in [-0.4, -0.2) is 57.2 Å². The second-order valence-corrected chi connectivity index (χ2v) is 8.90. The first-order valence-corrected chi connectivity index (χ1v) is 11.6. The largest absolute Gasteiger partial charge is 0.497 e. The van der Waals surface area contributed by atoms with E-state index in [0.717, 1.165) is 66.5 Å². The average molecular weight is 432 g/mol. The van der Waals surface area contributed by atoms with E-state index in [1.54, 1.807) is 14.2 Å². The van der Waals surface area contributed by atoms with Crippen molar-refractivity contribution >= 4 is 22.4 Å². The summed E-state index contributed by atoms with van der Waals surface area (Å²) in [6.07, 6.45) is 6.43. The topological polar surface area (TPSA) is 54.9 Å². The number of aromatic nitrogens is 1. The van der Waals surface area contributed by atoms with Crippen molar-refractivity contribution in [2.45, 2.75) is 38.5 Å². The standard InChI is InChI=1S/C23H33N3O3S/c1-25(2)13-8-14-26(22(27)17-9-6-5-7-10-17)23-24-20(16-30-23)19-15-18(28-3)11-12-21(19)29-4/h11-12,15-17H,5-10,13-14H2,1-4H3. The zero-order valence-electron chi connectivity index (χ0n) is 18.5. The summed E-state index contributed by atoms with van der Waals surface area (Å²) in [7, 11) is 7.42. The third-order valence-corrected chi connectivity index (χ3v) is 6.48. The van der Waals surface area contributed by atoms with Crippen LogP contribution in [0.3, 0.4) is 0 Å². The number of carbonyl (C=O) groups excluding carboxylic acids is 1. The molecule has 1 aliphatic rings. The van der Waals surface area contributed by atoms with E-state index in [1.807, 2.05) is 28.5 Å². The molecule has 1 saturated carbocycles. The highest BCUT2D eigenvalue weighted by molar-refractivity contribution is 7.14. The summed E-state index contributed by atoms with van der Waals surface area (Å²) in [6, 6.07) is 5.68. The van der Waals surface area contributed by atoms with Crippen LogP contribution in [0.1, 0.15) is 38.5 Å². The Morgan fingerprint density at radius 2 is 1.90 bits per heavy atom. The van der Waals surface area contributed by atoms with Gasteiger partial charge in [-0.15, -0.1) is 11.3 Å². The van der Waals surface area contributed by atoms with Crippen LogP contribution in [0, 0.1) is 5.92 Å². The predicted molar refractivity (Wildman–Crippen MR) is 123 cm³/mol. The molecule has 2 aromatic rings. The van der Waals surface area contributed by atoms with Gasteiger partial charge in [0.1, 0.15) is 11.5 Å². The maximum Gasteiger partial charge on any atom is 0.231 e. The van der Waals surface area contributed by atoms with Crippen molar-refractivity contribution in [2.75, 3.05) is 46.3 Å². The molecule has 7 heteroatoms. The Labute approximate surface area is 183 Å². The second kappa shape index (κ2) is 10.8. The summed E-state index contributed by atoms with van der Waals surface area (Å²) in [5.41, 5.74) is 1.68. The number of benzene rings is 1. The highest BCUT2D eigenvalue weighted by atomic mass is 32.1. The first-order chi connectivity index (χ1) is 14.5. The molecule has 1 fully saturated rings. The Morgan fingerprint density at radius 3 is 2.57 bits per heavy atom. The minimum Gasteiger partial charge on any atom is -0.497 e. The highest BCUT2D eigenvalue weighted by Crippen LogP contribution is 2.37. The summed E-state index contributed by atoms with van der Waals surface area (Å²) in [6.45, 7) is 1.63. The molecule has 0 N–H and O–H groups in total. The SMILES string of the molecule is COc1ccc(OC)c(-c2csc(N(CCCN(C)C)C(=O)C3CCCCC3)n2)c1. The third-order valence-electron chi connectivity index (χ3n) is 5.61. The van der Waals surface area contributed by atoms with Crippen molar-refractivity contribution < 1.29 is 14.3 Å². The molecular formula is C23H33N3O3S. The number of rotatable bonds is 9. The molecule has 0 spiro atoms. The molecule has 0 saturated heterocycles. The molecule has 164 valence electrons. The normalized spacial score (nSPS) is 14.7. The molecule has 1 aliphatic carbocycles. The molecule has 0 unspecified atom stereocenters. The number of carbonyl (C=O) groups is 1. The molecule has 1 heterocycles. The van der Waals surface area contributed by atoms with Gasteiger partial charge in [-0.3, -0.25) is 9.69 Å². The molecule has 0 aliphatic heterocycles. The Balaban J connectivity index is 1.87. The first kappa shape index (κ1) is 22.6. The Morgan fingerprint density at radius 1 is 1.13 bits per heavy atom. The summed E-state index contributed by atoms with van der Waals surface area (Å²) >= 11 is 1.52. The Bertz CT molecular complexity index is 831. The van der Waals surface area contributed by atoms with E-state index in [4.69, 9.17) is 14.5 Å². The van der Waals surface area contributed by atoms with Crippen LogP contribution in [0.15, 0.2) is 23.6 Å². The smallest absolute Gasteiger partial charge is 0.231 e. The first-order valence-electron chi connectivity index (χ1n) is 10.7. The van der Waals surface area contributed by atoms with Gasteiger partial charge < -0.3 is 14.4 Å². The van der Waals surface area contributed by atoms with Crippen LogP contribution in [0.4, 0.5) is 5.13 Å². The van der Waals surface area contributed by atoms with Gasteiger partial charge in [-0.1, -0.05) is 19.3 Å². The number of hydrogen-bond donors (Lipinski definition) is 0. The number of ether oxygens (including phenoxy) is 2. The maximum absolute atomic E-state index is 13.4. The van der Waals surface area contributed by atoms with Gasteiger partial charge in [-0.05, 0) is 58.1 Å². The lowest BCUT2D eigenvalue weighted by atomic mass is 9.88. The van der Waals surface area contributed by atoms with Crippen LogP contribution >= 0.6 is 11.3 Å².